The van der Waals surface area contributed by atoms with Crippen LogP contribution in [0.5, 0.6) is 0 Å². The second kappa shape index (κ2) is 7.57. The Morgan fingerprint density at radius 3 is 2.25 bits per heavy atom. The first-order chi connectivity index (χ1) is 9.40. The molecule has 0 atom stereocenters. The van der Waals surface area contributed by atoms with Gasteiger partial charge in [0.05, 0.1) is 5.75 Å². The van der Waals surface area contributed by atoms with Crippen LogP contribution in [0.2, 0.25) is 0 Å². The highest BCUT2D eigenvalue weighted by atomic mass is 32.2. The number of hydrogen-bond acceptors (Lipinski definition) is 3. The summed E-state index contributed by atoms with van der Waals surface area (Å²) in [5.41, 5.74) is 1.94. The van der Waals surface area contributed by atoms with Crippen LogP contribution in [0.1, 0.15) is 25.0 Å². The molecular weight excluding hydrogens is 272 g/mol. The molecule has 0 aromatic heterocycles. The molecule has 0 spiro atoms. The fourth-order valence-electron chi connectivity index (χ4n) is 2.02. The average Bonchev–Trinajstić information content (AvgIpc) is 2.37. The fraction of sp³-hybridized carbons (Fsp3) is 0.467. The molecule has 1 aromatic carbocycles. The third kappa shape index (κ3) is 4.74. The molecule has 4 nitrogen and oxygen atoms in total. The molecule has 0 aliphatic rings. The maximum absolute atomic E-state index is 12.4. The minimum Gasteiger partial charge on any atom is -0.316 e. The minimum atomic E-state index is -3.32. The number of sulfonamides is 1. The summed E-state index contributed by atoms with van der Waals surface area (Å²) in [5, 5.41) is 3.06. The van der Waals surface area contributed by atoms with Gasteiger partial charge in [0.15, 0.2) is 0 Å². The molecule has 1 N–H and O–H groups in total. The molecule has 5 heteroatoms. The van der Waals surface area contributed by atoms with Gasteiger partial charge in [0.1, 0.15) is 0 Å². The molecule has 0 saturated carbocycles. The Balaban J connectivity index is 2.86. The first kappa shape index (κ1) is 16.9. The number of nitrogens with one attached hydrogen (secondary N) is 1. The molecular formula is C15H24N2O2S. The molecule has 0 amide bonds. The van der Waals surface area contributed by atoms with E-state index in [9.17, 15) is 8.42 Å². The second-order valence-corrected chi connectivity index (χ2v) is 6.98. The average molecular weight is 296 g/mol. The van der Waals surface area contributed by atoms with E-state index in [4.69, 9.17) is 0 Å². The van der Waals surface area contributed by atoms with Crippen LogP contribution in [-0.2, 0) is 22.3 Å². The molecule has 20 heavy (non-hydrogen) atoms. The van der Waals surface area contributed by atoms with Crippen molar-refractivity contribution in [3.8, 4) is 0 Å². The number of hydrogen-bond donors (Lipinski definition) is 1. The smallest absolute Gasteiger partial charge is 0.218 e. The molecule has 0 heterocycles. The Bertz CT molecular complexity index is 521. The van der Waals surface area contributed by atoms with Crippen LogP contribution in [0.3, 0.4) is 0 Å². The van der Waals surface area contributed by atoms with Crippen molar-refractivity contribution in [1.29, 1.82) is 0 Å². The lowest BCUT2D eigenvalue weighted by Gasteiger charge is -2.24. The Hall–Kier alpha value is -1.17. The summed E-state index contributed by atoms with van der Waals surface area (Å²) in [6.45, 7) is 8.49. The van der Waals surface area contributed by atoms with E-state index < -0.39 is 10.0 Å². The fourth-order valence-corrected chi connectivity index (χ4v) is 3.78. The Morgan fingerprint density at radius 2 is 1.80 bits per heavy atom. The van der Waals surface area contributed by atoms with Crippen LogP contribution < -0.4 is 5.32 Å². The highest BCUT2D eigenvalue weighted by Crippen LogP contribution is 2.14. The Labute approximate surface area is 122 Å². The summed E-state index contributed by atoms with van der Waals surface area (Å²) in [5.74, 6) is 0.0266. The highest BCUT2D eigenvalue weighted by molar-refractivity contribution is 7.88. The zero-order valence-electron chi connectivity index (χ0n) is 12.5. The summed E-state index contributed by atoms with van der Waals surface area (Å²) < 4.78 is 26.3. The van der Waals surface area contributed by atoms with Gasteiger partial charge in [-0.2, -0.15) is 4.31 Å². The van der Waals surface area contributed by atoms with E-state index >= 15 is 0 Å². The van der Waals surface area contributed by atoms with Gasteiger partial charge in [-0.3, -0.25) is 0 Å². The zero-order chi connectivity index (χ0) is 15.2. The summed E-state index contributed by atoms with van der Waals surface area (Å²) in [6, 6.07) is 7.58. The molecule has 1 rings (SSSR count). The van der Waals surface area contributed by atoms with Crippen molar-refractivity contribution in [2.24, 2.45) is 0 Å². The molecule has 112 valence electrons. The van der Waals surface area contributed by atoms with Gasteiger partial charge in [0, 0.05) is 19.1 Å². The van der Waals surface area contributed by atoms with E-state index in [-0.39, 0.29) is 11.8 Å². The molecule has 0 fully saturated rings. The van der Waals surface area contributed by atoms with Gasteiger partial charge in [0.25, 0.3) is 0 Å². The van der Waals surface area contributed by atoms with Gasteiger partial charge in [0.2, 0.25) is 10.0 Å². The summed E-state index contributed by atoms with van der Waals surface area (Å²) >= 11 is 0. The van der Waals surface area contributed by atoms with Crippen LogP contribution in [0.25, 0.3) is 0 Å². The van der Waals surface area contributed by atoms with Crippen molar-refractivity contribution < 1.29 is 8.42 Å². The first-order valence-electron chi connectivity index (χ1n) is 6.73. The van der Waals surface area contributed by atoms with E-state index in [0.717, 1.165) is 17.7 Å². The van der Waals surface area contributed by atoms with Crippen LogP contribution >= 0.6 is 0 Å². The third-order valence-electron chi connectivity index (χ3n) is 3.00. The third-order valence-corrected chi connectivity index (χ3v) is 4.98. The molecule has 1 aromatic rings. The lowest BCUT2D eigenvalue weighted by Crippen LogP contribution is -2.37. The highest BCUT2D eigenvalue weighted by Gasteiger charge is 2.23. The van der Waals surface area contributed by atoms with E-state index in [1.165, 1.54) is 4.31 Å². The Morgan fingerprint density at radius 1 is 1.25 bits per heavy atom. The maximum Gasteiger partial charge on any atom is 0.218 e. The van der Waals surface area contributed by atoms with Crippen LogP contribution in [0.15, 0.2) is 36.9 Å². The Kier molecular flexibility index (Phi) is 6.39. The predicted octanol–water partition coefficient (Wildman–Crippen LogP) is 2.13. The summed E-state index contributed by atoms with van der Waals surface area (Å²) in [4.78, 5) is 0. The maximum atomic E-state index is 12.4. The standard InChI is InChI=1S/C15H24N2O2S/c1-5-10-17(13(2)3)20(18,19)12-15-8-6-14(7-9-15)11-16-4/h5-9,13,16H,1,10-12H2,2-4H3. The number of benzene rings is 1. The number of rotatable bonds is 8. The van der Waals surface area contributed by atoms with E-state index in [1.807, 2.05) is 45.2 Å². The van der Waals surface area contributed by atoms with Gasteiger partial charge in [-0.25, -0.2) is 8.42 Å². The topological polar surface area (TPSA) is 49.4 Å². The normalized spacial score (nSPS) is 12.1. The zero-order valence-corrected chi connectivity index (χ0v) is 13.3. The first-order valence-corrected chi connectivity index (χ1v) is 8.34. The quantitative estimate of drug-likeness (QED) is 0.748. The van der Waals surface area contributed by atoms with Gasteiger partial charge in [-0.1, -0.05) is 30.3 Å². The molecule has 0 aliphatic heterocycles. The molecule has 0 radical (unpaired) electrons. The van der Waals surface area contributed by atoms with E-state index in [1.54, 1.807) is 6.08 Å². The van der Waals surface area contributed by atoms with Crippen molar-refractivity contribution >= 4 is 10.0 Å². The predicted molar refractivity (Wildman–Crippen MR) is 83.9 cm³/mol. The second-order valence-electron chi connectivity index (χ2n) is 5.06. The van der Waals surface area contributed by atoms with Crippen molar-refractivity contribution in [2.45, 2.75) is 32.2 Å². The molecule has 0 bridgehead atoms. The van der Waals surface area contributed by atoms with Crippen molar-refractivity contribution in [1.82, 2.24) is 9.62 Å². The lowest BCUT2D eigenvalue weighted by molar-refractivity contribution is 0.382. The largest absolute Gasteiger partial charge is 0.316 e. The molecule has 0 unspecified atom stereocenters. The van der Waals surface area contributed by atoms with Gasteiger partial charge in [-0.15, -0.1) is 6.58 Å². The SMILES string of the molecule is C=CCN(C(C)C)S(=O)(=O)Cc1ccc(CNC)cc1. The minimum absolute atomic E-state index is 0.0266. The van der Waals surface area contributed by atoms with Crippen molar-refractivity contribution in [3.63, 3.8) is 0 Å². The van der Waals surface area contributed by atoms with Crippen molar-refractivity contribution in [3.05, 3.63) is 48.0 Å². The number of nitrogens with zero attached hydrogens (tertiary/aromatic N) is 1. The van der Waals surface area contributed by atoms with E-state index in [2.05, 4.69) is 11.9 Å². The lowest BCUT2D eigenvalue weighted by atomic mass is 10.1. The van der Waals surface area contributed by atoms with E-state index in [0.29, 0.717) is 6.54 Å². The van der Waals surface area contributed by atoms with Crippen LogP contribution in [0, 0.1) is 0 Å². The molecule has 0 aliphatic carbocycles. The summed E-state index contributed by atoms with van der Waals surface area (Å²) in [6.07, 6.45) is 1.62. The summed E-state index contributed by atoms with van der Waals surface area (Å²) in [7, 11) is -1.43. The van der Waals surface area contributed by atoms with Crippen LogP contribution in [-0.4, -0.2) is 32.4 Å². The van der Waals surface area contributed by atoms with Gasteiger partial charge >= 0.3 is 0 Å². The van der Waals surface area contributed by atoms with Gasteiger partial charge in [-0.05, 0) is 32.0 Å². The van der Waals surface area contributed by atoms with Gasteiger partial charge < -0.3 is 5.32 Å². The van der Waals surface area contributed by atoms with Crippen LogP contribution in [0.4, 0.5) is 0 Å². The van der Waals surface area contributed by atoms with Crippen molar-refractivity contribution in [2.75, 3.05) is 13.6 Å². The monoisotopic (exact) mass is 296 g/mol. The molecule has 0 saturated heterocycles.